The summed E-state index contributed by atoms with van der Waals surface area (Å²) in [6, 6.07) is 0. The van der Waals surface area contributed by atoms with Crippen LogP contribution in [-0.4, -0.2) is 55.9 Å². The molecule has 3 fully saturated rings. The lowest BCUT2D eigenvalue weighted by Gasteiger charge is -2.65. The topological polar surface area (TPSA) is 115 Å². The third kappa shape index (κ3) is 3.43. The number of Topliss-reactive ketones (excluding diaryl/α,β-unsaturated/α-hetero) is 2. The van der Waals surface area contributed by atoms with Crippen LogP contribution in [0.4, 0.5) is 0 Å². The maximum atomic E-state index is 14.2. The van der Waals surface area contributed by atoms with Gasteiger partial charge in [0.05, 0.1) is 18.3 Å². The van der Waals surface area contributed by atoms with Crippen molar-refractivity contribution in [3.8, 4) is 0 Å². The van der Waals surface area contributed by atoms with Gasteiger partial charge in [0.2, 0.25) is 0 Å². The monoisotopic (exact) mass is 502 g/mol. The van der Waals surface area contributed by atoms with Crippen LogP contribution in [0.3, 0.4) is 0 Å². The number of hydrogen-bond acceptors (Lipinski definition) is 6. The maximum Gasteiger partial charge on any atom is 0.164 e. The van der Waals surface area contributed by atoms with Gasteiger partial charge < -0.3 is 20.4 Å². The van der Waals surface area contributed by atoms with Crippen molar-refractivity contribution in [2.75, 3.05) is 0 Å². The summed E-state index contributed by atoms with van der Waals surface area (Å²) in [5, 5.41) is 44.6. The average Bonchev–Trinajstić information content (AvgIpc) is 2.96. The molecule has 0 heterocycles. The van der Waals surface area contributed by atoms with Crippen molar-refractivity contribution >= 4 is 11.6 Å². The van der Waals surface area contributed by atoms with Crippen LogP contribution in [0.1, 0.15) is 87.0 Å². The minimum atomic E-state index is -1.77. The molecule has 3 unspecified atom stereocenters. The first-order valence-corrected chi connectivity index (χ1v) is 13.5. The number of carbonyl (C=O) groups is 2. The van der Waals surface area contributed by atoms with Crippen molar-refractivity contribution in [2.24, 2.45) is 39.4 Å². The molecule has 0 amide bonds. The molecule has 4 N–H and O–H groups in total. The summed E-state index contributed by atoms with van der Waals surface area (Å²) in [5.41, 5.74) is -2.56. The molecule has 10 atom stereocenters. The van der Waals surface area contributed by atoms with Gasteiger partial charge in [-0.05, 0) is 62.2 Å². The molecule has 0 aromatic carbocycles. The Kier molecular flexibility index (Phi) is 6.41. The van der Waals surface area contributed by atoms with E-state index in [9.17, 15) is 30.0 Å². The molecule has 0 radical (unpaired) electrons. The number of hydrogen-bond donors (Lipinski definition) is 4. The Balaban J connectivity index is 1.78. The smallest absolute Gasteiger partial charge is 0.164 e. The molecule has 4 aliphatic rings. The lowest BCUT2D eigenvalue weighted by atomic mass is 9.38. The average molecular weight is 503 g/mol. The van der Waals surface area contributed by atoms with E-state index in [1.54, 1.807) is 0 Å². The predicted octanol–water partition coefficient (Wildman–Crippen LogP) is 3.75. The first-order valence-electron chi connectivity index (χ1n) is 13.5. The van der Waals surface area contributed by atoms with Crippen LogP contribution in [0.5, 0.6) is 0 Å². The van der Waals surface area contributed by atoms with E-state index in [2.05, 4.69) is 19.6 Å². The van der Waals surface area contributed by atoms with Crippen molar-refractivity contribution in [3.05, 3.63) is 23.8 Å². The van der Waals surface area contributed by atoms with E-state index in [1.807, 2.05) is 34.6 Å². The van der Waals surface area contributed by atoms with Crippen LogP contribution < -0.4 is 0 Å². The summed E-state index contributed by atoms with van der Waals surface area (Å²) in [6.45, 7) is 17.2. The minimum absolute atomic E-state index is 0.0618. The second-order valence-electron chi connectivity index (χ2n) is 14.0. The van der Waals surface area contributed by atoms with Crippen LogP contribution in [0, 0.1) is 39.4 Å². The number of aliphatic hydroxyl groups excluding tert-OH is 3. The highest BCUT2D eigenvalue weighted by Gasteiger charge is 2.74. The normalized spacial score (nSPS) is 47.2. The highest BCUT2D eigenvalue weighted by atomic mass is 16.3. The zero-order valence-corrected chi connectivity index (χ0v) is 23.1. The van der Waals surface area contributed by atoms with Gasteiger partial charge >= 0.3 is 0 Å². The highest BCUT2D eigenvalue weighted by Crippen LogP contribution is 2.74. The van der Waals surface area contributed by atoms with Crippen LogP contribution in [0.15, 0.2) is 23.8 Å². The van der Waals surface area contributed by atoms with Crippen molar-refractivity contribution in [1.82, 2.24) is 0 Å². The first kappa shape index (κ1) is 27.7. The zero-order chi connectivity index (χ0) is 27.2. The Labute approximate surface area is 215 Å². The van der Waals surface area contributed by atoms with E-state index in [0.29, 0.717) is 25.7 Å². The predicted molar refractivity (Wildman–Crippen MR) is 138 cm³/mol. The standard InChI is InChI=1S/C30H46O6/c1-16(2)9-12-22(33)30(8,36)24-20(32)14-27(5)21-11-10-17-18(13-19(31)25(35)26(17,3)4)29(21,7)23(34)15-28(24,27)6/h10,18-21,24-25,31-32,35-36H,1,9,11-15H2,2-8H3/t18?,19-,20+,21?,24?,25+,27-,28+,29-,30-/m0/s1. The minimum Gasteiger partial charge on any atom is -0.393 e. The van der Waals surface area contributed by atoms with E-state index < -0.39 is 51.5 Å². The highest BCUT2D eigenvalue weighted by molar-refractivity contribution is 5.90. The fraction of sp³-hybridized carbons (Fsp3) is 0.800. The largest absolute Gasteiger partial charge is 0.393 e. The first-order chi connectivity index (χ1) is 16.4. The number of carbonyl (C=O) groups excluding carboxylic acids is 2. The summed E-state index contributed by atoms with van der Waals surface area (Å²) in [5.74, 6) is -1.34. The number of allylic oxidation sites excluding steroid dienone is 2. The Morgan fingerprint density at radius 1 is 1.08 bits per heavy atom. The van der Waals surface area contributed by atoms with Crippen LogP contribution in [0.25, 0.3) is 0 Å². The molecule has 6 heteroatoms. The fourth-order valence-corrected chi connectivity index (χ4v) is 9.30. The van der Waals surface area contributed by atoms with Gasteiger partial charge in [-0.15, -0.1) is 6.58 Å². The molecular formula is C30H46O6. The Hall–Kier alpha value is -1.34. The molecule has 4 aliphatic carbocycles. The second-order valence-corrected chi connectivity index (χ2v) is 14.0. The van der Waals surface area contributed by atoms with Gasteiger partial charge in [-0.2, -0.15) is 0 Å². The molecule has 0 aliphatic heterocycles. The number of aliphatic hydroxyl groups is 4. The van der Waals surface area contributed by atoms with Gasteiger partial charge in [0.25, 0.3) is 0 Å². The van der Waals surface area contributed by atoms with E-state index in [4.69, 9.17) is 0 Å². The second kappa shape index (κ2) is 8.33. The number of rotatable bonds is 5. The molecule has 3 saturated carbocycles. The molecule has 4 rings (SSSR count). The molecule has 0 spiro atoms. The van der Waals surface area contributed by atoms with Gasteiger partial charge in [0.15, 0.2) is 5.78 Å². The summed E-state index contributed by atoms with van der Waals surface area (Å²) in [7, 11) is 0. The molecular weight excluding hydrogens is 456 g/mol. The molecule has 36 heavy (non-hydrogen) atoms. The van der Waals surface area contributed by atoms with E-state index in [1.165, 1.54) is 6.92 Å². The van der Waals surface area contributed by atoms with Crippen LogP contribution >= 0.6 is 0 Å². The Morgan fingerprint density at radius 3 is 2.28 bits per heavy atom. The summed E-state index contributed by atoms with van der Waals surface area (Å²) < 4.78 is 0. The summed E-state index contributed by atoms with van der Waals surface area (Å²) in [6.07, 6.45) is 1.56. The third-order valence-electron chi connectivity index (χ3n) is 11.6. The van der Waals surface area contributed by atoms with Gasteiger partial charge in [0.1, 0.15) is 11.4 Å². The van der Waals surface area contributed by atoms with Gasteiger partial charge in [-0.1, -0.05) is 51.8 Å². The molecule has 0 aromatic rings. The quantitative estimate of drug-likeness (QED) is 0.426. The van der Waals surface area contributed by atoms with Crippen molar-refractivity contribution in [1.29, 1.82) is 0 Å². The van der Waals surface area contributed by atoms with Crippen LogP contribution in [0.2, 0.25) is 0 Å². The van der Waals surface area contributed by atoms with E-state index in [0.717, 1.165) is 11.1 Å². The maximum absolute atomic E-state index is 14.2. The lowest BCUT2D eigenvalue weighted by molar-refractivity contribution is -0.187. The van der Waals surface area contributed by atoms with E-state index >= 15 is 0 Å². The van der Waals surface area contributed by atoms with Crippen molar-refractivity contribution in [2.45, 2.75) is 111 Å². The molecule has 202 valence electrons. The Morgan fingerprint density at radius 2 is 1.69 bits per heavy atom. The van der Waals surface area contributed by atoms with Crippen molar-refractivity contribution in [3.63, 3.8) is 0 Å². The lowest BCUT2D eigenvalue weighted by Crippen LogP contribution is -2.65. The van der Waals surface area contributed by atoms with Crippen molar-refractivity contribution < 1.29 is 30.0 Å². The van der Waals surface area contributed by atoms with E-state index in [-0.39, 0.29) is 36.2 Å². The van der Waals surface area contributed by atoms with Crippen LogP contribution in [-0.2, 0) is 9.59 Å². The molecule has 0 aromatic heterocycles. The third-order valence-corrected chi connectivity index (χ3v) is 11.6. The molecule has 0 bridgehead atoms. The Bertz CT molecular complexity index is 1010. The van der Waals surface area contributed by atoms with Gasteiger partial charge in [-0.25, -0.2) is 0 Å². The SMILES string of the molecule is C=C(C)CCC(=O)[C@](C)(O)C1[C@H](O)C[C@@]2(C)C3CC=C4C(C[C@H](O)[C@@H](O)C4(C)C)[C@]3(C)C(=O)C[C@]12C. The fourth-order valence-electron chi connectivity index (χ4n) is 9.30. The molecule has 6 nitrogen and oxygen atoms in total. The van der Waals surface area contributed by atoms with Gasteiger partial charge in [-0.3, -0.25) is 9.59 Å². The van der Waals surface area contributed by atoms with Gasteiger partial charge in [0, 0.05) is 29.6 Å². The molecule has 0 saturated heterocycles. The summed E-state index contributed by atoms with van der Waals surface area (Å²) >= 11 is 0. The zero-order valence-electron chi connectivity index (χ0n) is 23.1. The number of ketones is 2. The summed E-state index contributed by atoms with van der Waals surface area (Å²) in [4.78, 5) is 27.5. The number of fused-ring (bicyclic) bond motifs is 5.